The van der Waals surface area contributed by atoms with Crippen molar-refractivity contribution < 1.29 is 0 Å². The van der Waals surface area contributed by atoms with Gasteiger partial charge in [0, 0.05) is 26.5 Å². The van der Waals surface area contributed by atoms with E-state index >= 15 is 0 Å². The summed E-state index contributed by atoms with van der Waals surface area (Å²) in [5, 5.41) is 2.02. The van der Waals surface area contributed by atoms with Gasteiger partial charge in [-0.3, -0.25) is 0 Å². The van der Waals surface area contributed by atoms with Crippen LogP contribution >= 0.6 is 11.3 Å². The van der Waals surface area contributed by atoms with Crippen molar-refractivity contribution in [3.8, 4) is 11.5 Å². The van der Waals surface area contributed by atoms with E-state index in [1.54, 1.807) is 23.7 Å². The minimum Gasteiger partial charge on any atom is -0.347 e. The molecule has 0 unspecified atom stereocenters. The molecule has 3 aromatic rings. The van der Waals surface area contributed by atoms with Crippen LogP contribution in [-0.4, -0.2) is 34.0 Å². The number of nitrogens with one attached hydrogen (secondary N) is 1. The number of rotatable bonds is 2. The van der Waals surface area contributed by atoms with E-state index in [4.69, 9.17) is 0 Å². The molecule has 0 aliphatic carbocycles. The van der Waals surface area contributed by atoms with Gasteiger partial charge in [-0.25, -0.2) is 15.0 Å². The minimum absolute atomic E-state index is 0.697. The third kappa shape index (κ3) is 1.66. The van der Waals surface area contributed by atoms with Crippen molar-refractivity contribution in [3.63, 3.8) is 0 Å². The largest absolute Gasteiger partial charge is 0.347 e. The van der Waals surface area contributed by atoms with Gasteiger partial charge in [0.1, 0.15) is 5.69 Å². The zero-order valence-corrected chi connectivity index (χ0v) is 10.3. The van der Waals surface area contributed by atoms with Crippen LogP contribution in [0, 0.1) is 0 Å². The van der Waals surface area contributed by atoms with Crippen LogP contribution in [0.3, 0.4) is 0 Å². The molecule has 0 aliphatic rings. The quantitative estimate of drug-likeness (QED) is 0.751. The molecule has 3 aromatic heterocycles. The molecule has 5 nitrogen and oxygen atoms in total. The summed E-state index contributed by atoms with van der Waals surface area (Å²) in [5.74, 6) is 1.48. The maximum atomic E-state index is 4.55. The lowest BCUT2D eigenvalue weighted by molar-refractivity contribution is 1.02. The predicted octanol–water partition coefficient (Wildman–Crippen LogP) is 2.15. The first-order valence-electron chi connectivity index (χ1n) is 5.18. The average Bonchev–Trinajstić information content (AvgIpc) is 2.98. The van der Waals surface area contributed by atoms with Crippen LogP contribution in [0.4, 0.5) is 5.95 Å². The Bertz CT molecular complexity index is 641. The SMILES string of the molecule is CN(C)c1nc(-c2ncc[nH]2)c2sccc2n1. The Balaban J connectivity index is 2.31. The van der Waals surface area contributed by atoms with E-state index < -0.39 is 0 Å². The van der Waals surface area contributed by atoms with Crippen molar-refractivity contribution in [3.05, 3.63) is 23.8 Å². The fraction of sp³-hybridized carbons (Fsp3) is 0.182. The molecule has 17 heavy (non-hydrogen) atoms. The van der Waals surface area contributed by atoms with Crippen molar-refractivity contribution in [1.29, 1.82) is 0 Å². The lowest BCUT2D eigenvalue weighted by Crippen LogP contribution is -2.13. The summed E-state index contributed by atoms with van der Waals surface area (Å²) in [7, 11) is 3.86. The fourth-order valence-corrected chi connectivity index (χ4v) is 2.43. The van der Waals surface area contributed by atoms with Crippen LogP contribution in [-0.2, 0) is 0 Å². The monoisotopic (exact) mass is 245 g/mol. The van der Waals surface area contributed by atoms with Crippen LogP contribution in [0.2, 0.25) is 0 Å². The number of thiophene rings is 1. The molecule has 0 atom stereocenters. The normalized spacial score (nSPS) is 10.9. The van der Waals surface area contributed by atoms with Crippen LogP contribution in [0.25, 0.3) is 21.7 Å². The number of hydrogen-bond acceptors (Lipinski definition) is 5. The lowest BCUT2D eigenvalue weighted by atomic mass is 10.3. The molecule has 0 fully saturated rings. The van der Waals surface area contributed by atoms with Crippen molar-refractivity contribution >= 4 is 27.5 Å². The Hall–Kier alpha value is -1.95. The van der Waals surface area contributed by atoms with E-state index in [0.717, 1.165) is 21.7 Å². The van der Waals surface area contributed by atoms with Gasteiger partial charge in [0.05, 0.1) is 10.2 Å². The van der Waals surface area contributed by atoms with Gasteiger partial charge in [-0.15, -0.1) is 11.3 Å². The number of imidazole rings is 1. The maximum absolute atomic E-state index is 4.55. The molecule has 86 valence electrons. The van der Waals surface area contributed by atoms with Gasteiger partial charge < -0.3 is 9.88 Å². The van der Waals surface area contributed by atoms with Crippen LogP contribution in [0.1, 0.15) is 0 Å². The fourth-order valence-electron chi connectivity index (χ4n) is 1.61. The number of H-pyrrole nitrogens is 1. The third-order valence-electron chi connectivity index (χ3n) is 2.41. The lowest BCUT2D eigenvalue weighted by Gasteiger charge is -2.11. The first-order valence-corrected chi connectivity index (χ1v) is 6.06. The van der Waals surface area contributed by atoms with Gasteiger partial charge in [0.25, 0.3) is 0 Å². The highest BCUT2D eigenvalue weighted by molar-refractivity contribution is 7.17. The first kappa shape index (κ1) is 10.2. The van der Waals surface area contributed by atoms with Gasteiger partial charge in [-0.05, 0) is 11.4 Å². The van der Waals surface area contributed by atoms with E-state index in [0.29, 0.717) is 5.95 Å². The zero-order valence-electron chi connectivity index (χ0n) is 9.51. The van der Waals surface area contributed by atoms with Crippen molar-refractivity contribution in [2.45, 2.75) is 0 Å². The predicted molar refractivity (Wildman–Crippen MR) is 69.3 cm³/mol. The summed E-state index contributed by atoms with van der Waals surface area (Å²) in [4.78, 5) is 18.3. The topological polar surface area (TPSA) is 57.7 Å². The minimum atomic E-state index is 0.697. The molecule has 0 amide bonds. The van der Waals surface area contributed by atoms with E-state index in [9.17, 15) is 0 Å². The van der Waals surface area contributed by atoms with E-state index in [1.807, 2.05) is 30.4 Å². The second-order valence-electron chi connectivity index (χ2n) is 3.84. The molecule has 0 saturated heterocycles. The molecule has 6 heteroatoms. The smallest absolute Gasteiger partial charge is 0.226 e. The summed E-state index contributed by atoms with van der Waals surface area (Å²) in [6, 6.07) is 2.00. The van der Waals surface area contributed by atoms with Gasteiger partial charge in [-0.1, -0.05) is 0 Å². The van der Waals surface area contributed by atoms with Gasteiger partial charge in [0.2, 0.25) is 5.95 Å². The summed E-state index contributed by atoms with van der Waals surface area (Å²) in [6.07, 6.45) is 3.53. The molecular weight excluding hydrogens is 234 g/mol. The second-order valence-corrected chi connectivity index (χ2v) is 4.76. The second kappa shape index (κ2) is 3.81. The Morgan fingerprint density at radius 2 is 2.18 bits per heavy atom. The van der Waals surface area contributed by atoms with Gasteiger partial charge in [-0.2, -0.15) is 0 Å². The van der Waals surface area contributed by atoms with Crippen LogP contribution in [0.15, 0.2) is 23.8 Å². The highest BCUT2D eigenvalue weighted by Crippen LogP contribution is 2.29. The van der Waals surface area contributed by atoms with Crippen LogP contribution in [0.5, 0.6) is 0 Å². The Morgan fingerprint density at radius 1 is 1.29 bits per heavy atom. The highest BCUT2D eigenvalue weighted by atomic mass is 32.1. The van der Waals surface area contributed by atoms with Gasteiger partial charge >= 0.3 is 0 Å². The Labute approximate surface area is 102 Å². The zero-order chi connectivity index (χ0) is 11.8. The number of anilines is 1. The molecule has 0 spiro atoms. The standard InChI is InChI=1S/C11H11N5S/c1-16(2)11-14-7-3-6-17-9(7)8(15-11)10-12-4-5-13-10/h3-6H,1-2H3,(H,12,13). The Morgan fingerprint density at radius 3 is 2.88 bits per heavy atom. The first-order chi connectivity index (χ1) is 8.25. The maximum Gasteiger partial charge on any atom is 0.226 e. The third-order valence-corrected chi connectivity index (χ3v) is 3.32. The highest BCUT2D eigenvalue weighted by Gasteiger charge is 2.13. The summed E-state index contributed by atoms with van der Waals surface area (Å²) in [5.41, 5.74) is 1.82. The molecule has 0 aromatic carbocycles. The molecule has 0 radical (unpaired) electrons. The molecular formula is C11H11N5S. The number of fused-ring (bicyclic) bond motifs is 1. The molecule has 1 N–H and O–H groups in total. The summed E-state index contributed by atoms with van der Waals surface area (Å²) < 4.78 is 1.06. The van der Waals surface area contributed by atoms with E-state index in [2.05, 4.69) is 19.9 Å². The number of hydrogen-bond donors (Lipinski definition) is 1. The molecule has 0 bridgehead atoms. The molecule has 3 heterocycles. The van der Waals surface area contributed by atoms with Gasteiger partial charge in [0.15, 0.2) is 5.82 Å². The van der Waals surface area contributed by atoms with Crippen molar-refractivity contribution in [2.75, 3.05) is 19.0 Å². The average molecular weight is 245 g/mol. The summed E-state index contributed by atoms with van der Waals surface area (Å²) in [6.45, 7) is 0. The van der Waals surface area contributed by atoms with Crippen LogP contribution < -0.4 is 4.90 Å². The Kier molecular flexibility index (Phi) is 2.29. The number of aromatic amines is 1. The number of nitrogens with zero attached hydrogens (tertiary/aromatic N) is 4. The van der Waals surface area contributed by atoms with E-state index in [1.165, 1.54) is 0 Å². The summed E-state index contributed by atoms with van der Waals surface area (Å²) >= 11 is 1.63. The molecule has 3 rings (SSSR count). The van der Waals surface area contributed by atoms with Crippen molar-refractivity contribution in [1.82, 2.24) is 19.9 Å². The van der Waals surface area contributed by atoms with Crippen molar-refractivity contribution in [2.24, 2.45) is 0 Å². The number of aromatic nitrogens is 4. The molecule has 0 aliphatic heterocycles. The molecule has 0 saturated carbocycles. The van der Waals surface area contributed by atoms with E-state index in [-0.39, 0.29) is 0 Å².